The van der Waals surface area contributed by atoms with E-state index in [4.69, 9.17) is 0 Å². The average molecular weight is 173 g/mol. The summed E-state index contributed by atoms with van der Waals surface area (Å²) in [6, 6.07) is 0. The Kier molecular flexibility index (Phi) is 2.38. The van der Waals surface area contributed by atoms with Crippen LogP contribution in [0.5, 0.6) is 0 Å². The Morgan fingerprint density at radius 2 is 2.15 bits per heavy atom. The van der Waals surface area contributed by atoms with Gasteiger partial charge in [-0.05, 0) is 32.6 Å². The number of hydrogen-bond acceptors (Lipinski definition) is 3. The minimum absolute atomic E-state index is 0.540. The lowest BCUT2D eigenvalue weighted by molar-refractivity contribution is 1.08. The molecule has 5 radical (unpaired) electrons. The molecule has 4 nitrogen and oxygen atoms in total. The lowest BCUT2D eigenvalue weighted by atomic mass is 10.0. The highest BCUT2D eigenvalue weighted by molar-refractivity contribution is 6.01. The molecule has 1 N–H and O–H groups in total. The predicted molar refractivity (Wildman–Crippen MR) is 49.6 cm³/mol. The number of rotatable bonds is 2. The van der Waals surface area contributed by atoms with Gasteiger partial charge in [0.05, 0.1) is 0 Å². The minimum atomic E-state index is 0.540. The van der Waals surface area contributed by atoms with Crippen molar-refractivity contribution < 1.29 is 0 Å². The third kappa shape index (κ3) is 1.94. The van der Waals surface area contributed by atoms with E-state index in [1.807, 2.05) is 32.6 Å². The van der Waals surface area contributed by atoms with Crippen LogP contribution in [0.15, 0.2) is 11.3 Å². The van der Waals surface area contributed by atoms with Crippen molar-refractivity contribution in [1.29, 1.82) is 0 Å². The third-order valence-electron chi connectivity index (χ3n) is 1.76. The first kappa shape index (κ1) is 8.41. The smallest absolute Gasteiger partial charge is 0.244 e. The van der Waals surface area contributed by atoms with Crippen LogP contribution in [0.2, 0.25) is 0 Å². The van der Waals surface area contributed by atoms with Crippen LogP contribution in [0.4, 0.5) is 5.95 Å². The molecule has 0 unspecified atom stereocenters. The van der Waals surface area contributed by atoms with Crippen molar-refractivity contribution in [1.82, 2.24) is 15.2 Å². The lowest BCUT2D eigenvalue weighted by Gasteiger charge is -2.04. The number of aromatic nitrogens is 3. The molecule has 1 aliphatic rings. The first-order valence-electron chi connectivity index (χ1n) is 3.99. The van der Waals surface area contributed by atoms with E-state index in [-0.39, 0.29) is 0 Å². The SMILES string of the molecule is C/C(=N\c1ncn[nH]1)[C]1[CH][CH][CH][CH]1. The Hall–Kier alpha value is -1.19. The molecule has 1 heterocycles. The molecule has 13 heavy (non-hydrogen) atoms. The van der Waals surface area contributed by atoms with Crippen molar-refractivity contribution >= 4 is 11.7 Å². The maximum Gasteiger partial charge on any atom is 0.245 e. The van der Waals surface area contributed by atoms with E-state index in [0.717, 1.165) is 11.6 Å². The molecule has 1 aromatic rings. The van der Waals surface area contributed by atoms with Crippen LogP contribution >= 0.6 is 0 Å². The van der Waals surface area contributed by atoms with Crippen molar-refractivity contribution in [2.75, 3.05) is 0 Å². The van der Waals surface area contributed by atoms with Gasteiger partial charge in [0.2, 0.25) is 5.95 Å². The van der Waals surface area contributed by atoms with E-state index >= 15 is 0 Å². The molecule has 1 fully saturated rings. The molecule has 0 aliphatic heterocycles. The zero-order valence-electron chi connectivity index (χ0n) is 7.23. The summed E-state index contributed by atoms with van der Waals surface area (Å²) in [6.07, 6.45) is 9.42. The molecule has 4 heteroatoms. The summed E-state index contributed by atoms with van der Waals surface area (Å²) in [6.45, 7) is 1.94. The molecule has 0 aromatic carbocycles. The van der Waals surface area contributed by atoms with E-state index in [1.165, 1.54) is 6.33 Å². The molecule has 0 atom stereocenters. The Balaban J connectivity index is 2.07. The Labute approximate surface area is 77.5 Å². The summed E-state index contributed by atoms with van der Waals surface area (Å²) < 4.78 is 0. The molecular weight excluding hydrogens is 164 g/mol. The zero-order valence-corrected chi connectivity index (χ0v) is 7.23. The number of nitrogens with one attached hydrogen (secondary N) is 1. The van der Waals surface area contributed by atoms with Gasteiger partial charge in [-0.25, -0.2) is 10.1 Å². The van der Waals surface area contributed by atoms with E-state index in [1.54, 1.807) is 0 Å². The van der Waals surface area contributed by atoms with Crippen LogP contribution < -0.4 is 0 Å². The van der Waals surface area contributed by atoms with Gasteiger partial charge < -0.3 is 0 Å². The fourth-order valence-electron chi connectivity index (χ4n) is 1.09. The summed E-state index contributed by atoms with van der Waals surface area (Å²) in [5, 5.41) is 6.39. The third-order valence-corrected chi connectivity index (χ3v) is 1.76. The van der Waals surface area contributed by atoms with Gasteiger partial charge in [0.15, 0.2) is 0 Å². The number of H-pyrrole nitrogens is 1. The van der Waals surface area contributed by atoms with Gasteiger partial charge in [0.1, 0.15) is 6.33 Å². The van der Waals surface area contributed by atoms with Gasteiger partial charge >= 0.3 is 0 Å². The number of aliphatic imine (C=N–C) groups is 1. The second-order valence-electron chi connectivity index (χ2n) is 2.68. The number of hydrogen-bond donors (Lipinski definition) is 1. The van der Waals surface area contributed by atoms with Crippen LogP contribution in [0.3, 0.4) is 0 Å². The molecular formula is C9H9N4. The lowest BCUT2D eigenvalue weighted by Crippen LogP contribution is -2.04. The van der Waals surface area contributed by atoms with Gasteiger partial charge in [-0.2, -0.15) is 10.1 Å². The topological polar surface area (TPSA) is 53.9 Å². The van der Waals surface area contributed by atoms with Gasteiger partial charge in [-0.1, -0.05) is 0 Å². The van der Waals surface area contributed by atoms with Crippen molar-refractivity contribution in [2.24, 2.45) is 4.99 Å². The van der Waals surface area contributed by atoms with Crippen LogP contribution in [0, 0.1) is 31.6 Å². The van der Waals surface area contributed by atoms with Crippen LogP contribution in [-0.4, -0.2) is 20.9 Å². The van der Waals surface area contributed by atoms with Crippen LogP contribution in [0.1, 0.15) is 6.92 Å². The Bertz CT molecular complexity index is 283. The van der Waals surface area contributed by atoms with Crippen molar-refractivity contribution in [3.63, 3.8) is 0 Å². The monoisotopic (exact) mass is 173 g/mol. The Morgan fingerprint density at radius 3 is 2.77 bits per heavy atom. The summed E-state index contributed by atoms with van der Waals surface area (Å²) in [5.41, 5.74) is 0.932. The zero-order chi connectivity index (χ0) is 9.10. The molecule has 0 amide bonds. The molecule has 1 aromatic heterocycles. The van der Waals surface area contributed by atoms with E-state index in [9.17, 15) is 0 Å². The van der Waals surface area contributed by atoms with Crippen molar-refractivity contribution in [2.45, 2.75) is 6.92 Å². The summed E-state index contributed by atoms with van der Waals surface area (Å²) >= 11 is 0. The first-order valence-corrected chi connectivity index (χ1v) is 3.99. The first-order chi connectivity index (χ1) is 6.36. The maximum absolute atomic E-state index is 4.25. The summed E-state index contributed by atoms with van der Waals surface area (Å²) in [5.74, 6) is 1.65. The fraction of sp³-hybridized carbons (Fsp3) is 0.111. The standard InChI is InChI=1S/C9H9N4/c1-7(8-4-2-3-5-8)12-9-10-6-11-13-9/h2-6H,1H3,(H,10,11,13)/b12-7+. The highest BCUT2D eigenvalue weighted by Gasteiger charge is 2.19. The van der Waals surface area contributed by atoms with Gasteiger partial charge in [-0.3, -0.25) is 0 Å². The molecule has 0 bridgehead atoms. The quantitative estimate of drug-likeness (QED) is 0.685. The van der Waals surface area contributed by atoms with Crippen molar-refractivity contribution in [3.05, 3.63) is 37.9 Å². The molecule has 0 saturated heterocycles. The largest absolute Gasteiger partial charge is 0.245 e. The normalized spacial score (nSPS) is 19.6. The second kappa shape index (κ2) is 3.68. The van der Waals surface area contributed by atoms with E-state index in [2.05, 4.69) is 20.2 Å². The van der Waals surface area contributed by atoms with Gasteiger partial charge in [0, 0.05) is 11.6 Å². The second-order valence-corrected chi connectivity index (χ2v) is 2.68. The predicted octanol–water partition coefficient (Wildman–Crippen LogP) is 1.30. The minimum Gasteiger partial charge on any atom is -0.244 e. The van der Waals surface area contributed by atoms with Crippen LogP contribution in [-0.2, 0) is 0 Å². The van der Waals surface area contributed by atoms with Gasteiger partial charge in [0.25, 0.3) is 0 Å². The molecule has 0 spiro atoms. The highest BCUT2D eigenvalue weighted by Crippen LogP contribution is 2.25. The summed E-state index contributed by atoms with van der Waals surface area (Å²) in [7, 11) is 0. The average Bonchev–Trinajstić information content (AvgIpc) is 2.74. The van der Waals surface area contributed by atoms with Crippen molar-refractivity contribution in [3.8, 4) is 0 Å². The number of nitrogens with zero attached hydrogens (tertiary/aromatic N) is 3. The number of aromatic amines is 1. The fourth-order valence-corrected chi connectivity index (χ4v) is 1.09. The molecule has 1 saturated carbocycles. The Morgan fingerprint density at radius 1 is 1.38 bits per heavy atom. The molecule has 2 rings (SSSR count). The van der Waals surface area contributed by atoms with Gasteiger partial charge in [-0.15, -0.1) is 0 Å². The van der Waals surface area contributed by atoms with Crippen LogP contribution in [0.25, 0.3) is 0 Å². The van der Waals surface area contributed by atoms with E-state index in [0.29, 0.717) is 5.95 Å². The summed E-state index contributed by atoms with van der Waals surface area (Å²) in [4.78, 5) is 8.16. The maximum atomic E-state index is 4.25. The molecule has 1 aliphatic carbocycles. The van der Waals surface area contributed by atoms with E-state index < -0.39 is 0 Å². The highest BCUT2D eigenvalue weighted by atomic mass is 15.2. The molecule has 65 valence electrons.